The molecule has 2 N–H and O–H groups in total. The van der Waals surface area contributed by atoms with Gasteiger partial charge in [0.1, 0.15) is 0 Å². The third-order valence-corrected chi connectivity index (χ3v) is 5.07. The summed E-state index contributed by atoms with van der Waals surface area (Å²) in [5.74, 6) is 0.560. The summed E-state index contributed by atoms with van der Waals surface area (Å²) < 4.78 is 0. The quantitative estimate of drug-likeness (QED) is 0.857. The average Bonchev–Trinajstić information content (AvgIpc) is 2.63. The molecule has 1 aliphatic carbocycles. The molecule has 1 nitrogen and oxygen atoms in total. The average molecular weight is 286 g/mol. The van der Waals surface area contributed by atoms with E-state index in [1.54, 1.807) is 0 Å². The number of rotatable bonds is 3. The minimum Gasteiger partial charge on any atom is -0.327 e. The molecular formula is C15H21Cl2N. The normalized spacial score (nSPS) is 24.2. The van der Waals surface area contributed by atoms with Crippen LogP contribution >= 0.6 is 23.2 Å². The molecular weight excluding hydrogens is 265 g/mol. The fourth-order valence-electron chi connectivity index (χ4n) is 3.25. The first-order chi connectivity index (χ1) is 8.42. The molecule has 1 aromatic rings. The number of hydrogen-bond acceptors (Lipinski definition) is 1. The lowest BCUT2D eigenvalue weighted by atomic mass is 9.76. The highest BCUT2D eigenvalue weighted by Gasteiger charge is 2.38. The molecule has 0 spiro atoms. The molecule has 2 rings (SSSR count). The highest BCUT2D eigenvalue weighted by molar-refractivity contribution is 6.36. The molecule has 2 unspecified atom stereocenters. The van der Waals surface area contributed by atoms with Gasteiger partial charge in [-0.05, 0) is 48.3 Å². The molecule has 0 radical (unpaired) electrons. The fourth-order valence-corrected chi connectivity index (χ4v) is 3.80. The molecule has 1 aromatic carbocycles. The van der Waals surface area contributed by atoms with Crippen LogP contribution in [0, 0.1) is 11.3 Å². The maximum atomic E-state index is 6.41. The molecule has 0 amide bonds. The van der Waals surface area contributed by atoms with Gasteiger partial charge in [-0.25, -0.2) is 0 Å². The van der Waals surface area contributed by atoms with E-state index in [-0.39, 0.29) is 6.04 Å². The SMILES string of the molecule is CC1(C)CCCC1C(N)Cc1c(Cl)cccc1Cl. The van der Waals surface area contributed by atoms with E-state index in [0.717, 1.165) is 22.0 Å². The van der Waals surface area contributed by atoms with E-state index in [4.69, 9.17) is 28.9 Å². The maximum Gasteiger partial charge on any atom is 0.0453 e. The summed E-state index contributed by atoms with van der Waals surface area (Å²) in [6, 6.07) is 5.78. The van der Waals surface area contributed by atoms with E-state index in [1.807, 2.05) is 18.2 Å². The van der Waals surface area contributed by atoms with Gasteiger partial charge in [-0.1, -0.05) is 49.5 Å². The van der Waals surface area contributed by atoms with E-state index < -0.39 is 0 Å². The van der Waals surface area contributed by atoms with Crippen LogP contribution in [0.2, 0.25) is 10.0 Å². The van der Waals surface area contributed by atoms with E-state index in [9.17, 15) is 0 Å². The molecule has 1 aliphatic rings. The van der Waals surface area contributed by atoms with Gasteiger partial charge in [0.2, 0.25) is 0 Å². The lowest BCUT2D eigenvalue weighted by Gasteiger charge is -2.32. The third kappa shape index (κ3) is 2.84. The van der Waals surface area contributed by atoms with E-state index in [1.165, 1.54) is 19.3 Å². The van der Waals surface area contributed by atoms with Crippen LogP contribution in [0.25, 0.3) is 0 Å². The number of nitrogens with two attached hydrogens (primary N) is 1. The smallest absolute Gasteiger partial charge is 0.0453 e. The Kier molecular flexibility index (Phi) is 4.25. The Morgan fingerprint density at radius 3 is 2.44 bits per heavy atom. The zero-order chi connectivity index (χ0) is 13.3. The monoisotopic (exact) mass is 285 g/mol. The first-order valence-electron chi connectivity index (χ1n) is 6.60. The van der Waals surface area contributed by atoms with Crippen molar-refractivity contribution < 1.29 is 0 Å². The number of benzene rings is 1. The molecule has 2 atom stereocenters. The lowest BCUT2D eigenvalue weighted by molar-refractivity contribution is 0.220. The van der Waals surface area contributed by atoms with Crippen LogP contribution < -0.4 is 5.73 Å². The lowest BCUT2D eigenvalue weighted by Crippen LogP contribution is -2.38. The van der Waals surface area contributed by atoms with Gasteiger partial charge in [-0.2, -0.15) is 0 Å². The van der Waals surface area contributed by atoms with Crippen molar-refractivity contribution in [2.24, 2.45) is 17.1 Å². The van der Waals surface area contributed by atoms with Gasteiger partial charge >= 0.3 is 0 Å². The molecule has 1 saturated carbocycles. The Bertz CT molecular complexity index is 408. The van der Waals surface area contributed by atoms with Gasteiger partial charge < -0.3 is 5.73 Å². The topological polar surface area (TPSA) is 26.0 Å². The van der Waals surface area contributed by atoms with Gasteiger partial charge in [-0.15, -0.1) is 0 Å². The van der Waals surface area contributed by atoms with Crippen LogP contribution in [-0.2, 0) is 6.42 Å². The number of hydrogen-bond donors (Lipinski definition) is 1. The second-order valence-corrected chi connectivity index (χ2v) is 6.87. The van der Waals surface area contributed by atoms with Gasteiger partial charge in [0.15, 0.2) is 0 Å². The summed E-state index contributed by atoms with van der Waals surface area (Å²) in [4.78, 5) is 0. The molecule has 0 saturated heterocycles. The van der Waals surface area contributed by atoms with Crippen LogP contribution in [0.15, 0.2) is 18.2 Å². The molecule has 3 heteroatoms. The Morgan fingerprint density at radius 2 is 1.94 bits per heavy atom. The van der Waals surface area contributed by atoms with Crippen molar-refractivity contribution in [1.82, 2.24) is 0 Å². The second kappa shape index (κ2) is 5.40. The van der Waals surface area contributed by atoms with Crippen molar-refractivity contribution in [2.75, 3.05) is 0 Å². The largest absolute Gasteiger partial charge is 0.327 e. The predicted molar refractivity (Wildman–Crippen MR) is 79.3 cm³/mol. The predicted octanol–water partition coefficient (Wildman–Crippen LogP) is 4.69. The summed E-state index contributed by atoms with van der Waals surface area (Å²) >= 11 is 12.4. The highest BCUT2D eigenvalue weighted by Crippen LogP contribution is 2.44. The van der Waals surface area contributed by atoms with Crippen molar-refractivity contribution in [3.8, 4) is 0 Å². The van der Waals surface area contributed by atoms with E-state index in [2.05, 4.69) is 13.8 Å². The summed E-state index contributed by atoms with van der Waals surface area (Å²) in [6.07, 6.45) is 4.53. The fraction of sp³-hybridized carbons (Fsp3) is 0.600. The minimum absolute atomic E-state index is 0.139. The zero-order valence-electron chi connectivity index (χ0n) is 11.0. The number of halogens is 2. The molecule has 0 aromatic heterocycles. The van der Waals surface area contributed by atoms with Crippen LogP contribution in [0.4, 0.5) is 0 Å². The van der Waals surface area contributed by atoms with E-state index >= 15 is 0 Å². The van der Waals surface area contributed by atoms with Crippen molar-refractivity contribution in [3.05, 3.63) is 33.8 Å². The molecule has 0 bridgehead atoms. The van der Waals surface area contributed by atoms with Crippen molar-refractivity contribution in [3.63, 3.8) is 0 Å². The molecule has 0 heterocycles. The first-order valence-corrected chi connectivity index (χ1v) is 7.36. The standard InChI is InChI=1S/C15H21Cl2N/c1-15(2)8-4-5-11(15)14(18)9-10-12(16)6-3-7-13(10)17/h3,6-7,11,14H,4-5,8-9,18H2,1-2H3. The first kappa shape index (κ1) is 14.2. The minimum atomic E-state index is 0.139. The molecule has 1 fully saturated rings. The van der Waals surface area contributed by atoms with Crippen molar-refractivity contribution in [1.29, 1.82) is 0 Å². The highest BCUT2D eigenvalue weighted by atomic mass is 35.5. The summed E-state index contributed by atoms with van der Waals surface area (Å²) in [7, 11) is 0. The maximum absolute atomic E-state index is 6.41. The summed E-state index contributed by atoms with van der Waals surface area (Å²) in [6.45, 7) is 4.64. The van der Waals surface area contributed by atoms with Crippen LogP contribution in [-0.4, -0.2) is 6.04 Å². The van der Waals surface area contributed by atoms with Crippen LogP contribution in [0.5, 0.6) is 0 Å². The van der Waals surface area contributed by atoms with Gasteiger partial charge in [0.05, 0.1) is 0 Å². The van der Waals surface area contributed by atoms with Crippen molar-refractivity contribution >= 4 is 23.2 Å². The Hall–Kier alpha value is -0.240. The van der Waals surface area contributed by atoms with Crippen molar-refractivity contribution in [2.45, 2.75) is 45.6 Å². The van der Waals surface area contributed by atoms with Crippen LogP contribution in [0.3, 0.4) is 0 Å². The molecule has 18 heavy (non-hydrogen) atoms. The van der Waals surface area contributed by atoms with Gasteiger partial charge in [0.25, 0.3) is 0 Å². The van der Waals surface area contributed by atoms with Crippen LogP contribution in [0.1, 0.15) is 38.7 Å². The van der Waals surface area contributed by atoms with Gasteiger partial charge in [0, 0.05) is 16.1 Å². The van der Waals surface area contributed by atoms with Gasteiger partial charge in [-0.3, -0.25) is 0 Å². The summed E-state index contributed by atoms with van der Waals surface area (Å²) in [5.41, 5.74) is 7.74. The Morgan fingerprint density at radius 1 is 1.33 bits per heavy atom. The van der Waals surface area contributed by atoms with E-state index in [0.29, 0.717) is 11.3 Å². The third-order valence-electron chi connectivity index (χ3n) is 4.36. The summed E-state index contributed by atoms with van der Waals surface area (Å²) in [5, 5.41) is 1.46. The Balaban J connectivity index is 2.14. The second-order valence-electron chi connectivity index (χ2n) is 6.06. The zero-order valence-corrected chi connectivity index (χ0v) is 12.6. The Labute approximate surface area is 120 Å². The molecule has 0 aliphatic heterocycles. The molecule has 100 valence electrons.